The first-order chi connectivity index (χ1) is 10.0. The van der Waals surface area contributed by atoms with E-state index in [1.165, 1.54) is 0 Å². The molecule has 6 nitrogen and oxygen atoms in total. The van der Waals surface area contributed by atoms with Crippen LogP contribution in [0.3, 0.4) is 0 Å². The average molecular weight is 314 g/mol. The molecule has 7 heteroatoms. The molecule has 21 heavy (non-hydrogen) atoms. The molecule has 0 amide bonds. The number of hydrogen-bond acceptors (Lipinski definition) is 5. The molecule has 2 rings (SSSR count). The lowest BCUT2D eigenvalue weighted by atomic mass is 10.2. The van der Waals surface area contributed by atoms with Gasteiger partial charge >= 0.3 is 0 Å². The largest absolute Gasteiger partial charge is 0.497 e. The number of hydrogen-bond donors (Lipinski definition) is 2. The van der Waals surface area contributed by atoms with E-state index in [-0.39, 0.29) is 12.3 Å². The van der Waals surface area contributed by atoms with E-state index in [1.807, 2.05) is 0 Å². The van der Waals surface area contributed by atoms with Crippen molar-refractivity contribution < 1.29 is 17.9 Å². The number of benzene rings is 1. The van der Waals surface area contributed by atoms with Crippen molar-refractivity contribution in [3.8, 4) is 11.5 Å². The van der Waals surface area contributed by atoms with E-state index < -0.39 is 10.0 Å². The molecule has 0 radical (unpaired) electrons. The highest BCUT2D eigenvalue weighted by atomic mass is 32.2. The van der Waals surface area contributed by atoms with Crippen LogP contribution in [0.2, 0.25) is 0 Å². The first kappa shape index (κ1) is 16.1. The highest BCUT2D eigenvalue weighted by molar-refractivity contribution is 7.89. The molecule has 1 aliphatic rings. The fourth-order valence-corrected chi connectivity index (χ4v) is 2.85. The Balaban J connectivity index is 1.88. The maximum Gasteiger partial charge on any atom is 0.213 e. The van der Waals surface area contributed by atoms with Gasteiger partial charge in [-0.3, -0.25) is 0 Å². The predicted molar refractivity (Wildman–Crippen MR) is 81.2 cm³/mol. The first-order valence-electron chi connectivity index (χ1n) is 6.95. The summed E-state index contributed by atoms with van der Waals surface area (Å²) >= 11 is 0. The van der Waals surface area contributed by atoms with Crippen LogP contribution in [-0.4, -0.2) is 41.0 Å². The molecule has 1 fully saturated rings. The number of sulfonamides is 1. The number of methoxy groups -OCH3 is 2. The van der Waals surface area contributed by atoms with E-state index >= 15 is 0 Å². The number of nitrogens with one attached hydrogen (secondary N) is 2. The molecular weight excluding hydrogens is 292 g/mol. The number of ether oxygens (including phenoxy) is 2. The van der Waals surface area contributed by atoms with Crippen LogP contribution >= 0.6 is 0 Å². The summed E-state index contributed by atoms with van der Waals surface area (Å²) in [7, 11) is -0.166. The van der Waals surface area contributed by atoms with Gasteiger partial charge in [0.05, 0.1) is 20.0 Å². The summed E-state index contributed by atoms with van der Waals surface area (Å²) in [5.74, 6) is 1.36. The van der Waals surface area contributed by atoms with Crippen LogP contribution in [0.25, 0.3) is 0 Å². The van der Waals surface area contributed by atoms with Gasteiger partial charge in [-0.25, -0.2) is 13.1 Å². The highest BCUT2D eigenvalue weighted by Gasteiger charge is 2.21. The lowest BCUT2D eigenvalue weighted by Crippen LogP contribution is -2.32. The van der Waals surface area contributed by atoms with Crippen molar-refractivity contribution in [3.63, 3.8) is 0 Å². The predicted octanol–water partition coefficient (Wildman–Crippen LogP) is 0.875. The third-order valence-corrected chi connectivity index (χ3v) is 4.68. The molecule has 1 aromatic carbocycles. The van der Waals surface area contributed by atoms with Crippen LogP contribution in [0.5, 0.6) is 11.5 Å². The van der Waals surface area contributed by atoms with Gasteiger partial charge < -0.3 is 14.8 Å². The number of rotatable bonds is 9. The minimum Gasteiger partial charge on any atom is -0.497 e. The summed E-state index contributed by atoms with van der Waals surface area (Å²) in [6.45, 7) is 0.693. The molecule has 2 N–H and O–H groups in total. The third kappa shape index (κ3) is 5.18. The maximum atomic E-state index is 11.9. The zero-order valence-electron chi connectivity index (χ0n) is 12.4. The lowest BCUT2D eigenvalue weighted by molar-refractivity contribution is 0.390. The summed E-state index contributed by atoms with van der Waals surface area (Å²) in [4.78, 5) is 0. The molecule has 1 aliphatic carbocycles. The van der Waals surface area contributed by atoms with Crippen molar-refractivity contribution in [1.82, 2.24) is 10.0 Å². The van der Waals surface area contributed by atoms with Gasteiger partial charge in [-0.1, -0.05) is 6.07 Å². The SMILES string of the molecule is COc1ccc(CNS(=O)(=O)CCNC2CC2)c(OC)c1. The maximum absolute atomic E-state index is 11.9. The molecule has 1 aromatic rings. The Morgan fingerprint density at radius 2 is 2.00 bits per heavy atom. The van der Waals surface area contributed by atoms with E-state index in [2.05, 4.69) is 10.0 Å². The summed E-state index contributed by atoms with van der Waals surface area (Å²) < 4.78 is 36.8. The van der Waals surface area contributed by atoms with E-state index in [1.54, 1.807) is 32.4 Å². The normalized spacial score (nSPS) is 15.0. The highest BCUT2D eigenvalue weighted by Crippen LogP contribution is 2.24. The van der Waals surface area contributed by atoms with Gasteiger partial charge in [0.2, 0.25) is 10.0 Å². The van der Waals surface area contributed by atoms with Crippen molar-refractivity contribution in [1.29, 1.82) is 0 Å². The van der Waals surface area contributed by atoms with Crippen molar-refractivity contribution >= 4 is 10.0 Å². The molecule has 0 heterocycles. The summed E-state index contributed by atoms with van der Waals surface area (Å²) in [5, 5.41) is 3.19. The summed E-state index contributed by atoms with van der Waals surface area (Å²) in [6, 6.07) is 5.82. The minimum absolute atomic E-state index is 0.0853. The second-order valence-corrected chi connectivity index (χ2v) is 6.97. The standard InChI is InChI=1S/C14H22N2O4S/c1-19-13-6-3-11(14(9-13)20-2)10-16-21(17,18)8-7-15-12-4-5-12/h3,6,9,12,15-16H,4-5,7-8,10H2,1-2H3. The van der Waals surface area contributed by atoms with Crippen LogP contribution in [0, 0.1) is 0 Å². The Labute approximate surface area is 125 Å². The molecule has 118 valence electrons. The van der Waals surface area contributed by atoms with Gasteiger partial charge in [-0.2, -0.15) is 0 Å². The van der Waals surface area contributed by atoms with Gasteiger partial charge in [0.15, 0.2) is 0 Å². The van der Waals surface area contributed by atoms with E-state index in [0.717, 1.165) is 18.4 Å². The molecule has 1 saturated carbocycles. The second kappa shape index (κ2) is 7.11. The minimum atomic E-state index is -3.29. The van der Waals surface area contributed by atoms with Crippen molar-refractivity contribution in [2.45, 2.75) is 25.4 Å². The van der Waals surface area contributed by atoms with Crippen molar-refractivity contribution in [2.75, 3.05) is 26.5 Å². The Bertz CT molecular complexity index is 570. The fraction of sp³-hybridized carbons (Fsp3) is 0.571. The van der Waals surface area contributed by atoms with Gasteiger partial charge in [0.25, 0.3) is 0 Å². The fourth-order valence-electron chi connectivity index (χ4n) is 1.94. The zero-order chi connectivity index (χ0) is 15.3. The van der Waals surface area contributed by atoms with Crippen LogP contribution in [-0.2, 0) is 16.6 Å². The zero-order valence-corrected chi connectivity index (χ0v) is 13.2. The monoisotopic (exact) mass is 314 g/mol. The van der Waals surface area contributed by atoms with Crippen LogP contribution in [0.15, 0.2) is 18.2 Å². The average Bonchev–Trinajstić information content (AvgIpc) is 3.29. The van der Waals surface area contributed by atoms with Crippen molar-refractivity contribution in [3.05, 3.63) is 23.8 Å². The molecule has 0 atom stereocenters. The summed E-state index contributed by atoms with van der Waals surface area (Å²) in [5.41, 5.74) is 0.775. The van der Waals surface area contributed by atoms with E-state index in [9.17, 15) is 8.42 Å². The van der Waals surface area contributed by atoms with Crippen molar-refractivity contribution in [2.24, 2.45) is 0 Å². The molecule has 0 aromatic heterocycles. The van der Waals surface area contributed by atoms with Gasteiger partial charge in [0.1, 0.15) is 11.5 Å². The lowest BCUT2D eigenvalue weighted by Gasteiger charge is -2.12. The van der Waals surface area contributed by atoms with Crippen LogP contribution in [0.4, 0.5) is 0 Å². The molecule has 0 unspecified atom stereocenters. The van der Waals surface area contributed by atoms with Crippen LogP contribution < -0.4 is 19.5 Å². The molecule has 0 bridgehead atoms. The summed E-state index contributed by atoms with van der Waals surface area (Å²) in [6.07, 6.45) is 2.30. The van der Waals surface area contributed by atoms with E-state index in [0.29, 0.717) is 24.1 Å². The first-order valence-corrected chi connectivity index (χ1v) is 8.61. The van der Waals surface area contributed by atoms with Gasteiger partial charge in [-0.15, -0.1) is 0 Å². The second-order valence-electron chi connectivity index (χ2n) is 5.05. The molecule has 0 aliphatic heterocycles. The molecule has 0 spiro atoms. The van der Waals surface area contributed by atoms with E-state index in [4.69, 9.17) is 9.47 Å². The quantitative estimate of drug-likeness (QED) is 0.707. The smallest absolute Gasteiger partial charge is 0.213 e. The topological polar surface area (TPSA) is 76.7 Å². The van der Waals surface area contributed by atoms with Gasteiger partial charge in [-0.05, 0) is 18.9 Å². The molecule has 0 saturated heterocycles. The molecular formula is C14H22N2O4S. The van der Waals surface area contributed by atoms with Gasteiger partial charge in [0, 0.05) is 30.8 Å². The Morgan fingerprint density at radius 1 is 1.24 bits per heavy atom. The Morgan fingerprint density at radius 3 is 2.62 bits per heavy atom. The third-order valence-electron chi connectivity index (χ3n) is 3.36. The Hall–Kier alpha value is -1.31. The Kier molecular flexibility index (Phi) is 5.44. The van der Waals surface area contributed by atoms with Crippen LogP contribution in [0.1, 0.15) is 18.4 Å².